The molecule has 3 aromatic carbocycles. The first-order valence-corrected chi connectivity index (χ1v) is 16.1. The van der Waals surface area contributed by atoms with Crippen molar-refractivity contribution < 1.29 is 25.7 Å². The maximum absolute atomic E-state index is 5.85. The summed E-state index contributed by atoms with van der Waals surface area (Å²) in [4.78, 5) is 0. The zero-order chi connectivity index (χ0) is 20.3. The van der Waals surface area contributed by atoms with E-state index < -0.39 is 21.0 Å². The zero-order valence-corrected chi connectivity index (χ0v) is 20.7. The molecule has 2 heteroatoms. The third-order valence-electron chi connectivity index (χ3n) is 5.94. The predicted molar refractivity (Wildman–Crippen MR) is 123 cm³/mol. The van der Waals surface area contributed by atoms with Crippen molar-refractivity contribution >= 4 is 9.33 Å². The monoisotopic (exact) mass is 556 g/mol. The molecule has 3 aromatic rings. The molecule has 0 amide bonds. The van der Waals surface area contributed by atoms with Crippen LogP contribution < -0.4 is 4.74 Å². The molecule has 0 bridgehead atoms. The van der Waals surface area contributed by atoms with E-state index in [1.165, 1.54) is 22.3 Å². The molecular formula is C28H24HfO. The van der Waals surface area contributed by atoms with E-state index in [2.05, 4.69) is 109 Å². The Hall–Kier alpha value is -2.58. The van der Waals surface area contributed by atoms with Crippen LogP contribution in [0.5, 0.6) is 5.75 Å². The SMILES string of the molecule is COc1ccccc1[C](c1ccccc1)=[Hf]([C]1=CC=CC1)[CH]1C=Cc2ccccc21. The number of ether oxygens (including phenoxy) is 1. The molecule has 1 unspecified atom stereocenters. The van der Waals surface area contributed by atoms with Crippen molar-refractivity contribution in [2.45, 2.75) is 10.1 Å². The van der Waals surface area contributed by atoms with Crippen molar-refractivity contribution in [2.75, 3.05) is 7.11 Å². The summed E-state index contributed by atoms with van der Waals surface area (Å²) in [7, 11) is 1.79. The summed E-state index contributed by atoms with van der Waals surface area (Å²) in [6.07, 6.45) is 12.8. The molecule has 0 saturated heterocycles. The molecule has 0 spiro atoms. The van der Waals surface area contributed by atoms with Gasteiger partial charge in [-0.3, -0.25) is 0 Å². The first-order chi connectivity index (χ1) is 14.9. The molecule has 2 aliphatic rings. The summed E-state index contributed by atoms with van der Waals surface area (Å²) in [5.41, 5.74) is 5.48. The number of methoxy groups -OCH3 is 1. The summed E-state index contributed by atoms with van der Waals surface area (Å²) in [6, 6.07) is 28.5. The minimum atomic E-state index is -2.64. The van der Waals surface area contributed by atoms with Gasteiger partial charge in [-0.05, 0) is 0 Å². The van der Waals surface area contributed by atoms with E-state index in [-0.39, 0.29) is 0 Å². The molecule has 0 radical (unpaired) electrons. The summed E-state index contributed by atoms with van der Waals surface area (Å²) in [5, 5.41) is 0. The Kier molecular flexibility index (Phi) is 5.59. The van der Waals surface area contributed by atoms with E-state index in [4.69, 9.17) is 4.74 Å². The minimum absolute atomic E-state index is 0.512. The van der Waals surface area contributed by atoms with Crippen molar-refractivity contribution in [3.8, 4) is 5.75 Å². The van der Waals surface area contributed by atoms with Crippen LogP contribution >= 0.6 is 0 Å². The number of rotatable bonds is 5. The van der Waals surface area contributed by atoms with Crippen molar-refractivity contribution in [2.24, 2.45) is 0 Å². The van der Waals surface area contributed by atoms with E-state index in [0.29, 0.717) is 3.67 Å². The molecular weight excluding hydrogens is 531 g/mol. The molecule has 5 rings (SSSR count). The number of allylic oxidation sites excluding steroid dienone is 5. The summed E-state index contributed by atoms with van der Waals surface area (Å²) in [6.45, 7) is 0. The Morgan fingerprint density at radius 1 is 0.900 bits per heavy atom. The molecule has 0 fully saturated rings. The summed E-state index contributed by atoms with van der Waals surface area (Å²) in [5.74, 6) is 0.973. The fourth-order valence-corrected chi connectivity index (χ4v) is 17.1. The Morgan fingerprint density at radius 3 is 2.47 bits per heavy atom. The first-order valence-electron chi connectivity index (χ1n) is 10.4. The Bertz CT molecular complexity index is 1200. The molecule has 1 atom stereocenters. The van der Waals surface area contributed by atoms with Gasteiger partial charge in [0.15, 0.2) is 0 Å². The van der Waals surface area contributed by atoms with E-state index in [9.17, 15) is 0 Å². The normalized spacial score (nSPS) is 17.5. The van der Waals surface area contributed by atoms with E-state index in [1.54, 1.807) is 13.7 Å². The fraction of sp³-hybridized carbons (Fsp3) is 0.107. The molecule has 1 nitrogen and oxygen atoms in total. The zero-order valence-electron chi connectivity index (χ0n) is 17.1. The maximum atomic E-state index is 5.85. The van der Waals surface area contributed by atoms with Crippen LogP contribution in [-0.4, -0.2) is 10.4 Å². The van der Waals surface area contributed by atoms with Crippen molar-refractivity contribution in [3.63, 3.8) is 0 Å². The standard InChI is InChI=1S/C14H12O.C9H7.C5H5.Hf/c1-15-14-10-6-5-9-13(14)11-12-7-3-2-4-8-12;1-2-5-9-7-3-6-8(9)4-1;1-2-4-5-3-1;/h2-10H,1H3;1-7H;1-3H,4H2;. The van der Waals surface area contributed by atoms with Crippen LogP contribution in [0.3, 0.4) is 0 Å². The number of benzene rings is 3. The van der Waals surface area contributed by atoms with Crippen LogP contribution in [0.1, 0.15) is 32.3 Å². The van der Waals surface area contributed by atoms with E-state index in [1.807, 2.05) is 0 Å². The second-order valence-corrected chi connectivity index (χ2v) is 17.0. The van der Waals surface area contributed by atoms with Crippen LogP contribution in [0.25, 0.3) is 6.08 Å². The van der Waals surface area contributed by atoms with Gasteiger partial charge < -0.3 is 0 Å². The fourth-order valence-electron chi connectivity index (χ4n) is 4.58. The Labute approximate surface area is 186 Å². The molecule has 0 saturated carbocycles. The van der Waals surface area contributed by atoms with Gasteiger partial charge in [-0.1, -0.05) is 0 Å². The predicted octanol–water partition coefficient (Wildman–Crippen LogP) is 6.49. The van der Waals surface area contributed by atoms with Crippen LogP contribution in [0, 0.1) is 0 Å². The summed E-state index contributed by atoms with van der Waals surface area (Å²) < 4.78 is 9.57. The number of fused-ring (bicyclic) bond motifs is 1. The molecule has 0 N–H and O–H groups in total. The van der Waals surface area contributed by atoms with Gasteiger partial charge in [0, 0.05) is 0 Å². The van der Waals surface area contributed by atoms with Crippen molar-refractivity contribution in [3.05, 3.63) is 129 Å². The van der Waals surface area contributed by atoms with Crippen LogP contribution in [0.15, 0.2) is 106 Å². The van der Waals surface area contributed by atoms with Crippen LogP contribution in [0.2, 0.25) is 0 Å². The Balaban J connectivity index is 1.84. The average Bonchev–Trinajstić information content (AvgIpc) is 3.49. The molecule has 146 valence electrons. The third-order valence-corrected chi connectivity index (χ3v) is 17.7. The second-order valence-electron chi connectivity index (χ2n) is 7.64. The van der Waals surface area contributed by atoms with E-state index in [0.717, 1.165) is 12.2 Å². The average molecular weight is 555 g/mol. The van der Waals surface area contributed by atoms with Gasteiger partial charge in [-0.25, -0.2) is 0 Å². The third kappa shape index (κ3) is 3.54. The quantitative estimate of drug-likeness (QED) is 0.327. The number of para-hydroxylation sites is 1. The summed E-state index contributed by atoms with van der Waals surface area (Å²) >= 11 is -2.64. The molecule has 0 heterocycles. The van der Waals surface area contributed by atoms with Gasteiger partial charge in [0.25, 0.3) is 0 Å². The van der Waals surface area contributed by atoms with Crippen molar-refractivity contribution in [1.82, 2.24) is 0 Å². The van der Waals surface area contributed by atoms with Gasteiger partial charge >= 0.3 is 187 Å². The van der Waals surface area contributed by atoms with Crippen LogP contribution in [0.4, 0.5) is 0 Å². The number of hydrogen-bond donors (Lipinski definition) is 0. The van der Waals surface area contributed by atoms with Gasteiger partial charge in [-0.15, -0.1) is 0 Å². The molecule has 30 heavy (non-hydrogen) atoms. The van der Waals surface area contributed by atoms with E-state index >= 15 is 0 Å². The number of hydrogen-bond acceptors (Lipinski definition) is 1. The first kappa shape index (κ1) is 19.4. The molecule has 0 aromatic heterocycles. The van der Waals surface area contributed by atoms with Gasteiger partial charge in [0.2, 0.25) is 0 Å². The molecule has 2 aliphatic carbocycles. The van der Waals surface area contributed by atoms with Crippen molar-refractivity contribution in [1.29, 1.82) is 0 Å². The van der Waals surface area contributed by atoms with Gasteiger partial charge in [0.1, 0.15) is 0 Å². The van der Waals surface area contributed by atoms with Gasteiger partial charge in [0.05, 0.1) is 0 Å². The van der Waals surface area contributed by atoms with Crippen LogP contribution in [-0.2, 0) is 21.0 Å². The topological polar surface area (TPSA) is 9.23 Å². The molecule has 0 aliphatic heterocycles. The van der Waals surface area contributed by atoms with Gasteiger partial charge in [-0.2, -0.15) is 0 Å². The second kappa shape index (κ2) is 8.65. The Morgan fingerprint density at radius 2 is 1.67 bits per heavy atom.